The van der Waals surface area contributed by atoms with Crippen LogP contribution in [0.25, 0.3) is 5.76 Å². The van der Waals surface area contributed by atoms with Crippen LogP contribution in [0, 0.1) is 0 Å². The predicted molar refractivity (Wildman–Crippen MR) is 127 cm³/mol. The summed E-state index contributed by atoms with van der Waals surface area (Å²) in [7, 11) is 1.42. The van der Waals surface area contributed by atoms with E-state index in [2.05, 4.69) is 4.98 Å². The lowest BCUT2D eigenvalue weighted by Gasteiger charge is -2.25. The van der Waals surface area contributed by atoms with E-state index >= 15 is 0 Å². The van der Waals surface area contributed by atoms with E-state index in [0.717, 1.165) is 0 Å². The van der Waals surface area contributed by atoms with E-state index in [4.69, 9.17) is 14.2 Å². The Morgan fingerprint density at radius 3 is 2.72 bits per heavy atom. The summed E-state index contributed by atoms with van der Waals surface area (Å²) in [6.07, 6.45) is 6.05. The van der Waals surface area contributed by atoms with Crippen LogP contribution >= 0.6 is 0 Å². The quantitative estimate of drug-likeness (QED) is 0.200. The largest absolute Gasteiger partial charge is 0.507 e. The number of Topliss-reactive ketones (excluding diaryl/α,β-unsaturated/α-hetero) is 1. The van der Waals surface area contributed by atoms with Crippen LogP contribution in [0.2, 0.25) is 0 Å². The molecule has 2 aromatic carbocycles. The lowest BCUT2D eigenvalue weighted by molar-refractivity contribution is -0.695. The summed E-state index contributed by atoms with van der Waals surface area (Å²) in [6, 6.07) is 8.61. The van der Waals surface area contributed by atoms with Gasteiger partial charge in [0.15, 0.2) is 23.0 Å². The summed E-state index contributed by atoms with van der Waals surface area (Å²) >= 11 is 0. The number of aromatic hydroxyl groups is 1. The molecule has 1 amide bonds. The van der Waals surface area contributed by atoms with Crippen molar-refractivity contribution in [3.05, 3.63) is 71.8 Å². The molecule has 2 aliphatic heterocycles. The van der Waals surface area contributed by atoms with Gasteiger partial charge in [0.25, 0.3) is 11.7 Å². The number of nitrogens with zero attached hydrogens (tertiary/aromatic N) is 2. The second-order valence-electron chi connectivity index (χ2n) is 8.49. The van der Waals surface area contributed by atoms with Gasteiger partial charge in [-0.2, -0.15) is 0 Å². The van der Waals surface area contributed by atoms with Crippen LogP contribution in [0.1, 0.15) is 23.6 Å². The van der Waals surface area contributed by atoms with Gasteiger partial charge < -0.3 is 29.3 Å². The van der Waals surface area contributed by atoms with E-state index in [1.165, 1.54) is 18.1 Å². The SMILES string of the molecule is COc1cc(C2/C(=C(\O)c3ccc4c(c3)OCCO4)C(=O)C(=O)N2CCC[n+]2cc[nH]c2)ccc1O. The van der Waals surface area contributed by atoms with Gasteiger partial charge in [-0.25, -0.2) is 4.57 Å². The number of likely N-dealkylation sites (tertiary alicyclic amines) is 1. The van der Waals surface area contributed by atoms with Crippen molar-refractivity contribution in [3.63, 3.8) is 0 Å². The summed E-state index contributed by atoms with van der Waals surface area (Å²) in [4.78, 5) is 30.9. The van der Waals surface area contributed by atoms with E-state index < -0.39 is 17.7 Å². The number of methoxy groups -OCH3 is 1. The molecule has 1 saturated heterocycles. The van der Waals surface area contributed by atoms with Crippen LogP contribution in [0.4, 0.5) is 0 Å². The number of aromatic nitrogens is 2. The Hall–Kier alpha value is -4.47. The number of aromatic amines is 1. The monoisotopic (exact) mass is 492 g/mol. The average molecular weight is 493 g/mol. The smallest absolute Gasteiger partial charge is 0.295 e. The van der Waals surface area contributed by atoms with Crippen LogP contribution in [-0.2, 0) is 16.1 Å². The number of rotatable bonds is 7. The number of carbonyl (C=O) groups is 2. The molecule has 0 aliphatic carbocycles. The normalized spacial score (nSPS) is 18.5. The molecule has 186 valence electrons. The van der Waals surface area contributed by atoms with E-state index in [1.807, 2.05) is 10.8 Å². The molecule has 36 heavy (non-hydrogen) atoms. The highest BCUT2D eigenvalue weighted by molar-refractivity contribution is 6.46. The number of hydrogen-bond acceptors (Lipinski definition) is 7. The Morgan fingerprint density at radius 1 is 1.17 bits per heavy atom. The van der Waals surface area contributed by atoms with E-state index in [0.29, 0.717) is 48.8 Å². The van der Waals surface area contributed by atoms with Crippen molar-refractivity contribution >= 4 is 17.4 Å². The lowest BCUT2D eigenvalue weighted by atomic mass is 9.94. The number of aliphatic hydroxyl groups excluding tert-OH is 1. The number of ether oxygens (including phenoxy) is 3. The Bertz CT molecular complexity index is 1330. The number of hydrogen-bond donors (Lipinski definition) is 3. The molecule has 2 aliphatic rings. The first-order valence-corrected chi connectivity index (χ1v) is 11.5. The second kappa shape index (κ2) is 9.65. The highest BCUT2D eigenvalue weighted by atomic mass is 16.6. The van der Waals surface area contributed by atoms with Crippen LogP contribution in [0.3, 0.4) is 0 Å². The van der Waals surface area contributed by atoms with Gasteiger partial charge in [-0.15, -0.1) is 0 Å². The number of ketones is 1. The van der Waals surface area contributed by atoms with Crippen LogP contribution in [-0.4, -0.2) is 58.7 Å². The molecule has 5 rings (SSSR count). The number of fused-ring (bicyclic) bond motifs is 1. The Labute approximate surface area is 207 Å². The molecule has 10 heteroatoms. The van der Waals surface area contributed by atoms with Crippen LogP contribution in [0.15, 0.2) is 60.7 Å². The fraction of sp³-hybridized carbons (Fsp3) is 0.269. The molecular weight excluding hydrogens is 466 g/mol. The molecule has 1 fully saturated rings. The highest BCUT2D eigenvalue weighted by Gasteiger charge is 2.46. The van der Waals surface area contributed by atoms with Gasteiger partial charge in [0, 0.05) is 18.5 Å². The molecule has 0 saturated carbocycles. The number of carbonyl (C=O) groups excluding carboxylic acids is 2. The van der Waals surface area contributed by atoms with Crippen LogP contribution < -0.4 is 18.8 Å². The third-order valence-corrected chi connectivity index (χ3v) is 6.29. The first-order chi connectivity index (χ1) is 17.5. The molecule has 0 radical (unpaired) electrons. The Balaban J connectivity index is 1.56. The van der Waals surface area contributed by atoms with E-state index in [1.54, 1.807) is 42.9 Å². The van der Waals surface area contributed by atoms with Gasteiger partial charge in [0.1, 0.15) is 31.4 Å². The van der Waals surface area contributed by atoms with Crippen molar-refractivity contribution < 1.29 is 38.6 Å². The molecule has 1 unspecified atom stereocenters. The number of aryl methyl sites for hydroxylation is 1. The van der Waals surface area contributed by atoms with Crippen molar-refractivity contribution in [2.24, 2.45) is 0 Å². The Morgan fingerprint density at radius 2 is 1.97 bits per heavy atom. The zero-order chi connectivity index (χ0) is 25.2. The molecule has 1 atom stereocenters. The maximum atomic E-state index is 13.3. The molecule has 3 aromatic rings. The molecule has 1 aromatic heterocycles. The number of imidazole rings is 1. The molecular formula is C26H26N3O7+. The minimum Gasteiger partial charge on any atom is -0.507 e. The number of H-pyrrole nitrogens is 1. The maximum Gasteiger partial charge on any atom is 0.295 e. The Kier molecular flexibility index (Phi) is 6.24. The fourth-order valence-electron chi connectivity index (χ4n) is 4.55. The number of benzene rings is 2. The van der Waals surface area contributed by atoms with Crippen molar-refractivity contribution in [1.29, 1.82) is 0 Å². The zero-order valence-corrected chi connectivity index (χ0v) is 19.6. The third kappa shape index (κ3) is 4.21. The summed E-state index contributed by atoms with van der Waals surface area (Å²) in [5, 5.41) is 21.4. The molecule has 0 bridgehead atoms. The minimum atomic E-state index is -0.871. The number of amides is 1. The van der Waals surface area contributed by atoms with Gasteiger partial charge in [-0.3, -0.25) is 14.6 Å². The first-order valence-electron chi connectivity index (χ1n) is 11.5. The van der Waals surface area contributed by atoms with Crippen molar-refractivity contribution in [2.45, 2.75) is 19.0 Å². The van der Waals surface area contributed by atoms with Gasteiger partial charge in [-0.1, -0.05) is 6.07 Å². The first kappa shape index (κ1) is 23.3. The fourth-order valence-corrected chi connectivity index (χ4v) is 4.55. The van der Waals surface area contributed by atoms with Gasteiger partial charge in [0.2, 0.25) is 6.33 Å². The van der Waals surface area contributed by atoms with Gasteiger partial charge in [-0.05, 0) is 35.9 Å². The lowest BCUT2D eigenvalue weighted by Crippen LogP contribution is -2.36. The standard InChI is InChI=1S/C26H25N3O7/c1-34-20-13-16(3-5-18(20)30)23-22(24(31)17-4-6-19-21(14-17)36-12-11-35-19)25(32)26(33)29(23)9-2-8-28-10-7-27-15-28/h3-7,10,13-15,23H,2,8-9,11-12H2,1H3,(H2,30,31,32)/p+1. The summed E-state index contributed by atoms with van der Waals surface area (Å²) < 4.78 is 18.4. The van der Waals surface area contributed by atoms with Crippen molar-refractivity contribution in [3.8, 4) is 23.0 Å². The third-order valence-electron chi connectivity index (χ3n) is 6.29. The summed E-state index contributed by atoms with van der Waals surface area (Å²) in [5.74, 6) is -0.691. The summed E-state index contributed by atoms with van der Waals surface area (Å²) in [5.41, 5.74) is 0.812. The molecule has 3 heterocycles. The highest BCUT2D eigenvalue weighted by Crippen LogP contribution is 2.42. The van der Waals surface area contributed by atoms with Crippen molar-refractivity contribution in [2.75, 3.05) is 26.9 Å². The topological polar surface area (TPSA) is 125 Å². The number of phenols is 1. The number of aliphatic hydroxyl groups is 1. The van der Waals surface area contributed by atoms with Crippen molar-refractivity contribution in [1.82, 2.24) is 9.88 Å². The van der Waals surface area contributed by atoms with Gasteiger partial charge >= 0.3 is 0 Å². The maximum absolute atomic E-state index is 13.3. The molecule has 0 spiro atoms. The average Bonchev–Trinajstić information content (AvgIpc) is 3.50. The number of phenolic OH excluding ortho intramolecular Hbond substituents is 1. The van der Waals surface area contributed by atoms with Crippen LogP contribution in [0.5, 0.6) is 23.0 Å². The molecule has 3 N–H and O–H groups in total. The second-order valence-corrected chi connectivity index (χ2v) is 8.49. The minimum absolute atomic E-state index is 0.0429. The summed E-state index contributed by atoms with van der Waals surface area (Å²) in [6.45, 7) is 1.69. The van der Waals surface area contributed by atoms with Gasteiger partial charge in [0.05, 0.1) is 25.3 Å². The van der Waals surface area contributed by atoms with E-state index in [9.17, 15) is 19.8 Å². The predicted octanol–water partition coefficient (Wildman–Crippen LogP) is 2.30. The zero-order valence-electron chi connectivity index (χ0n) is 19.6. The number of nitrogens with one attached hydrogen (secondary N) is 1. The van der Waals surface area contributed by atoms with E-state index in [-0.39, 0.29) is 29.4 Å². The molecule has 10 nitrogen and oxygen atoms in total.